The van der Waals surface area contributed by atoms with Gasteiger partial charge in [0.25, 0.3) is 0 Å². The third-order valence-corrected chi connectivity index (χ3v) is 3.73. The highest BCUT2D eigenvalue weighted by Gasteiger charge is 2.14. The normalized spacial score (nSPS) is 10.5. The average Bonchev–Trinajstić information content (AvgIpc) is 2.57. The van der Waals surface area contributed by atoms with Gasteiger partial charge in [0.2, 0.25) is 0 Å². The molecule has 0 spiro atoms. The van der Waals surface area contributed by atoms with E-state index < -0.39 is 0 Å². The van der Waals surface area contributed by atoms with Crippen molar-refractivity contribution in [1.29, 1.82) is 0 Å². The van der Waals surface area contributed by atoms with Crippen LogP contribution in [0.3, 0.4) is 0 Å². The highest BCUT2D eigenvalue weighted by molar-refractivity contribution is 9.11. The molecule has 1 aromatic heterocycles. The van der Waals surface area contributed by atoms with Crippen LogP contribution in [0.25, 0.3) is 11.3 Å². The molecule has 0 amide bonds. The van der Waals surface area contributed by atoms with Crippen LogP contribution in [-0.2, 0) is 0 Å². The van der Waals surface area contributed by atoms with E-state index in [0.29, 0.717) is 11.3 Å². The van der Waals surface area contributed by atoms with E-state index >= 15 is 0 Å². The Morgan fingerprint density at radius 1 is 1.44 bits per heavy atom. The zero-order chi connectivity index (χ0) is 11.7. The molecule has 16 heavy (non-hydrogen) atoms. The SMILES string of the molecule is COc1ccc(F)cc1-c1nc(C)sc1Br. The topological polar surface area (TPSA) is 22.1 Å². The van der Waals surface area contributed by atoms with Gasteiger partial charge in [0, 0.05) is 5.56 Å². The van der Waals surface area contributed by atoms with Gasteiger partial charge in [-0.05, 0) is 41.1 Å². The van der Waals surface area contributed by atoms with E-state index in [9.17, 15) is 4.39 Å². The molecule has 5 heteroatoms. The molecule has 0 saturated carbocycles. The maximum atomic E-state index is 13.2. The number of thiazole rings is 1. The first-order valence-corrected chi connectivity index (χ1v) is 6.19. The third-order valence-electron chi connectivity index (χ3n) is 2.11. The summed E-state index contributed by atoms with van der Waals surface area (Å²) in [7, 11) is 1.56. The van der Waals surface area contributed by atoms with Crippen molar-refractivity contribution in [2.75, 3.05) is 7.11 Å². The summed E-state index contributed by atoms with van der Waals surface area (Å²) in [6.07, 6.45) is 0. The maximum absolute atomic E-state index is 13.2. The largest absolute Gasteiger partial charge is 0.496 e. The summed E-state index contributed by atoms with van der Waals surface area (Å²) >= 11 is 4.94. The van der Waals surface area contributed by atoms with E-state index in [1.165, 1.54) is 23.5 Å². The van der Waals surface area contributed by atoms with E-state index in [1.54, 1.807) is 13.2 Å². The van der Waals surface area contributed by atoms with E-state index in [1.807, 2.05) is 6.92 Å². The van der Waals surface area contributed by atoms with Crippen LogP contribution in [0.2, 0.25) is 0 Å². The number of hydrogen-bond donors (Lipinski definition) is 0. The standard InChI is InChI=1S/C11H9BrFNOS/c1-6-14-10(11(12)16-6)8-5-7(13)3-4-9(8)15-2/h3-5H,1-2H3. The fourth-order valence-corrected chi connectivity index (χ4v) is 3.09. The summed E-state index contributed by atoms with van der Waals surface area (Å²) in [5.74, 6) is 0.320. The molecule has 0 aliphatic carbocycles. The molecule has 0 fully saturated rings. The van der Waals surface area contributed by atoms with Crippen LogP contribution in [0, 0.1) is 12.7 Å². The summed E-state index contributed by atoms with van der Waals surface area (Å²) in [4.78, 5) is 4.36. The Balaban J connectivity index is 2.62. The lowest BCUT2D eigenvalue weighted by Gasteiger charge is -2.06. The summed E-state index contributed by atoms with van der Waals surface area (Å²) in [5.41, 5.74) is 1.39. The minimum absolute atomic E-state index is 0.298. The molecular formula is C11H9BrFNOS. The quantitative estimate of drug-likeness (QED) is 0.835. The average molecular weight is 302 g/mol. The van der Waals surface area contributed by atoms with E-state index in [0.717, 1.165) is 14.5 Å². The lowest BCUT2D eigenvalue weighted by atomic mass is 10.1. The zero-order valence-electron chi connectivity index (χ0n) is 8.75. The van der Waals surface area contributed by atoms with Crippen LogP contribution >= 0.6 is 27.3 Å². The number of benzene rings is 1. The van der Waals surface area contributed by atoms with Gasteiger partial charge in [-0.2, -0.15) is 0 Å². The number of aromatic nitrogens is 1. The van der Waals surface area contributed by atoms with Crippen molar-refractivity contribution in [3.05, 3.63) is 32.8 Å². The van der Waals surface area contributed by atoms with Crippen molar-refractivity contribution < 1.29 is 9.13 Å². The van der Waals surface area contributed by atoms with Crippen molar-refractivity contribution in [1.82, 2.24) is 4.98 Å². The van der Waals surface area contributed by atoms with Gasteiger partial charge < -0.3 is 4.74 Å². The molecule has 0 unspecified atom stereocenters. The summed E-state index contributed by atoms with van der Waals surface area (Å²) < 4.78 is 19.3. The van der Waals surface area contributed by atoms with E-state index in [2.05, 4.69) is 20.9 Å². The molecule has 0 saturated heterocycles. The van der Waals surface area contributed by atoms with Gasteiger partial charge in [-0.1, -0.05) is 0 Å². The van der Waals surface area contributed by atoms with Crippen LogP contribution in [0.5, 0.6) is 5.75 Å². The van der Waals surface area contributed by atoms with E-state index in [-0.39, 0.29) is 5.82 Å². The first-order chi connectivity index (χ1) is 7.61. The van der Waals surface area contributed by atoms with Crippen molar-refractivity contribution >= 4 is 27.3 Å². The van der Waals surface area contributed by atoms with Gasteiger partial charge in [-0.25, -0.2) is 9.37 Å². The Bertz CT molecular complexity index is 527. The Kier molecular flexibility index (Phi) is 3.25. The van der Waals surface area contributed by atoms with Gasteiger partial charge in [-0.15, -0.1) is 11.3 Å². The van der Waals surface area contributed by atoms with Gasteiger partial charge in [-0.3, -0.25) is 0 Å². The number of ether oxygens (including phenoxy) is 1. The van der Waals surface area contributed by atoms with Crippen molar-refractivity contribution in [3.63, 3.8) is 0 Å². The highest BCUT2D eigenvalue weighted by atomic mass is 79.9. The first-order valence-electron chi connectivity index (χ1n) is 4.58. The molecule has 0 N–H and O–H groups in total. The molecule has 84 valence electrons. The predicted molar refractivity (Wildman–Crippen MR) is 66.5 cm³/mol. The minimum atomic E-state index is -0.298. The smallest absolute Gasteiger partial charge is 0.128 e. The van der Waals surface area contributed by atoms with Gasteiger partial charge in [0.1, 0.15) is 11.6 Å². The Morgan fingerprint density at radius 2 is 2.19 bits per heavy atom. The van der Waals surface area contributed by atoms with E-state index in [4.69, 9.17) is 4.74 Å². The van der Waals surface area contributed by atoms with Crippen LogP contribution < -0.4 is 4.74 Å². The zero-order valence-corrected chi connectivity index (χ0v) is 11.2. The number of aryl methyl sites for hydroxylation is 1. The van der Waals surface area contributed by atoms with Crippen molar-refractivity contribution in [3.8, 4) is 17.0 Å². The second kappa shape index (κ2) is 4.51. The molecule has 0 radical (unpaired) electrons. The van der Waals surface area contributed by atoms with Crippen LogP contribution in [0.1, 0.15) is 5.01 Å². The number of hydrogen-bond acceptors (Lipinski definition) is 3. The Labute approximate surface area is 105 Å². The summed E-state index contributed by atoms with van der Waals surface area (Å²) in [6.45, 7) is 1.91. The number of methoxy groups -OCH3 is 1. The molecule has 1 aromatic carbocycles. The first kappa shape index (κ1) is 11.5. The Morgan fingerprint density at radius 3 is 2.75 bits per heavy atom. The summed E-state index contributed by atoms with van der Waals surface area (Å²) in [6, 6.07) is 4.40. The highest BCUT2D eigenvalue weighted by Crippen LogP contribution is 2.37. The Hall–Kier alpha value is -0.940. The number of rotatable bonds is 2. The van der Waals surface area contributed by atoms with Gasteiger partial charge in [0.05, 0.1) is 21.6 Å². The lowest BCUT2D eigenvalue weighted by Crippen LogP contribution is -1.90. The lowest BCUT2D eigenvalue weighted by molar-refractivity contribution is 0.415. The fraction of sp³-hybridized carbons (Fsp3) is 0.182. The molecule has 2 aromatic rings. The van der Waals surface area contributed by atoms with Crippen LogP contribution in [0.15, 0.2) is 22.0 Å². The molecule has 2 rings (SSSR count). The van der Waals surface area contributed by atoms with Crippen LogP contribution in [-0.4, -0.2) is 12.1 Å². The molecule has 0 bridgehead atoms. The summed E-state index contributed by atoms with van der Waals surface area (Å²) in [5, 5.41) is 0.924. The van der Waals surface area contributed by atoms with Crippen LogP contribution in [0.4, 0.5) is 4.39 Å². The molecule has 2 nitrogen and oxygen atoms in total. The maximum Gasteiger partial charge on any atom is 0.128 e. The third kappa shape index (κ3) is 2.10. The molecule has 1 heterocycles. The minimum Gasteiger partial charge on any atom is -0.496 e. The molecular weight excluding hydrogens is 293 g/mol. The van der Waals surface area contributed by atoms with Gasteiger partial charge >= 0.3 is 0 Å². The monoisotopic (exact) mass is 301 g/mol. The van der Waals surface area contributed by atoms with Crippen molar-refractivity contribution in [2.45, 2.75) is 6.92 Å². The second-order valence-corrected chi connectivity index (χ2v) is 5.72. The molecule has 0 atom stereocenters. The molecule has 0 aliphatic rings. The number of nitrogens with zero attached hydrogens (tertiary/aromatic N) is 1. The van der Waals surface area contributed by atoms with Crippen molar-refractivity contribution in [2.24, 2.45) is 0 Å². The second-order valence-electron chi connectivity index (χ2n) is 3.20. The molecule has 0 aliphatic heterocycles. The van der Waals surface area contributed by atoms with Gasteiger partial charge in [0.15, 0.2) is 0 Å². The predicted octanol–water partition coefficient (Wildman–Crippen LogP) is 4.03. The number of halogens is 2. The fourth-order valence-electron chi connectivity index (χ4n) is 1.43.